The molecular weight excluding hydrogens is 458 g/mol. The molecule has 6 rings (SSSR count). The summed E-state index contributed by atoms with van der Waals surface area (Å²) >= 11 is 1.74. The van der Waals surface area contributed by atoms with Crippen molar-refractivity contribution in [2.24, 2.45) is 4.99 Å². The maximum atomic E-state index is 5.32. The molecule has 3 aliphatic heterocycles. The third-order valence-corrected chi connectivity index (χ3v) is 8.02. The van der Waals surface area contributed by atoms with Crippen molar-refractivity contribution in [1.82, 2.24) is 9.80 Å². The van der Waals surface area contributed by atoms with Crippen LogP contribution >= 0.6 is 11.8 Å². The van der Waals surface area contributed by atoms with Crippen LogP contribution in [0.15, 0.2) is 100 Å². The predicted octanol–water partition coefficient (Wildman–Crippen LogP) is 7.35. The van der Waals surface area contributed by atoms with Gasteiger partial charge in [-0.2, -0.15) is 0 Å². The molecule has 0 fully saturated rings. The standard InChI is InChI=1S/C32H31N3S/c1-21-5-11-24(12-6-21)17-27-18-34(4)19-28-30(27)33-32-35(31(28)26-15-9-23(3)10-16-26)29(20-36-32)25-13-7-22(2)8-14-25/h5-17,20,31H,18-19H2,1-4H3/b27-17+. The first-order valence-corrected chi connectivity index (χ1v) is 13.4. The van der Waals surface area contributed by atoms with Crippen LogP contribution in [0.3, 0.4) is 0 Å². The van der Waals surface area contributed by atoms with Crippen molar-refractivity contribution in [2.45, 2.75) is 26.8 Å². The van der Waals surface area contributed by atoms with E-state index in [9.17, 15) is 0 Å². The molecule has 3 aromatic carbocycles. The minimum atomic E-state index is 0.111. The lowest BCUT2D eigenvalue weighted by Gasteiger charge is -2.42. The van der Waals surface area contributed by atoms with Gasteiger partial charge in [-0.05, 0) is 61.7 Å². The topological polar surface area (TPSA) is 18.8 Å². The normalized spacial score (nSPS) is 20.8. The molecule has 180 valence electrons. The van der Waals surface area contributed by atoms with Crippen molar-refractivity contribution < 1.29 is 0 Å². The summed E-state index contributed by atoms with van der Waals surface area (Å²) in [5.74, 6) is 0. The van der Waals surface area contributed by atoms with Gasteiger partial charge in [-0.25, -0.2) is 4.99 Å². The van der Waals surface area contributed by atoms with E-state index >= 15 is 0 Å². The second kappa shape index (κ2) is 9.27. The lowest BCUT2D eigenvalue weighted by Crippen LogP contribution is -2.40. The molecule has 0 saturated carbocycles. The van der Waals surface area contributed by atoms with Crippen molar-refractivity contribution in [3.05, 3.63) is 128 Å². The summed E-state index contributed by atoms with van der Waals surface area (Å²) in [4.78, 5) is 10.2. The second-order valence-corrected chi connectivity index (χ2v) is 11.0. The van der Waals surface area contributed by atoms with Gasteiger partial charge in [0.2, 0.25) is 0 Å². The van der Waals surface area contributed by atoms with Crippen molar-refractivity contribution in [3.8, 4) is 0 Å². The molecule has 1 atom stereocenters. The highest BCUT2D eigenvalue weighted by molar-refractivity contribution is 8.16. The molecular formula is C32H31N3S. The van der Waals surface area contributed by atoms with Gasteiger partial charge in [0.1, 0.15) is 0 Å². The van der Waals surface area contributed by atoms with E-state index in [-0.39, 0.29) is 6.04 Å². The molecule has 0 spiro atoms. The van der Waals surface area contributed by atoms with Gasteiger partial charge < -0.3 is 4.90 Å². The van der Waals surface area contributed by atoms with Gasteiger partial charge >= 0.3 is 0 Å². The molecule has 36 heavy (non-hydrogen) atoms. The average molecular weight is 490 g/mol. The summed E-state index contributed by atoms with van der Waals surface area (Å²) in [6, 6.07) is 26.8. The van der Waals surface area contributed by atoms with Crippen LogP contribution in [0, 0.1) is 20.8 Å². The average Bonchev–Trinajstić information content (AvgIpc) is 3.29. The van der Waals surface area contributed by atoms with Crippen molar-refractivity contribution in [1.29, 1.82) is 0 Å². The zero-order valence-electron chi connectivity index (χ0n) is 21.3. The third-order valence-electron chi connectivity index (χ3n) is 7.18. The monoisotopic (exact) mass is 489 g/mol. The van der Waals surface area contributed by atoms with Gasteiger partial charge in [-0.1, -0.05) is 101 Å². The lowest BCUT2D eigenvalue weighted by atomic mass is 9.87. The van der Waals surface area contributed by atoms with Gasteiger partial charge in [0.05, 0.1) is 17.4 Å². The fraction of sp³-hybridized carbons (Fsp3) is 0.219. The molecule has 0 N–H and O–H groups in total. The number of amidine groups is 1. The Morgan fingerprint density at radius 3 is 2.08 bits per heavy atom. The van der Waals surface area contributed by atoms with Crippen molar-refractivity contribution in [3.63, 3.8) is 0 Å². The number of benzene rings is 3. The Bertz CT molecular complexity index is 1420. The first-order valence-electron chi connectivity index (χ1n) is 12.5. The third kappa shape index (κ3) is 4.25. The van der Waals surface area contributed by atoms with Crippen molar-refractivity contribution in [2.75, 3.05) is 20.1 Å². The maximum Gasteiger partial charge on any atom is 0.174 e. The van der Waals surface area contributed by atoms with E-state index in [1.807, 2.05) is 0 Å². The molecule has 0 aromatic heterocycles. The molecule has 3 nitrogen and oxygen atoms in total. The van der Waals surface area contributed by atoms with Crippen LogP contribution in [-0.4, -0.2) is 35.1 Å². The Labute approximate surface area is 218 Å². The summed E-state index contributed by atoms with van der Waals surface area (Å²) in [5.41, 5.74) is 12.7. The molecule has 4 heteroatoms. The number of fused-ring (bicyclic) bond motifs is 1. The fourth-order valence-corrected chi connectivity index (χ4v) is 6.20. The number of thioether (sulfide) groups is 1. The summed E-state index contributed by atoms with van der Waals surface area (Å²) in [6.07, 6.45) is 2.32. The Morgan fingerprint density at radius 1 is 0.806 bits per heavy atom. The molecule has 1 unspecified atom stereocenters. The Kier molecular flexibility index (Phi) is 5.94. The van der Waals surface area contributed by atoms with Gasteiger partial charge in [0, 0.05) is 18.5 Å². The van der Waals surface area contributed by atoms with Crippen LogP contribution in [0.4, 0.5) is 0 Å². The summed E-state index contributed by atoms with van der Waals surface area (Å²) < 4.78 is 0. The molecule has 3 aromatic rings. The molecule has 3 aliphatic rings. The molecule has 0 bridgehead atoms. The summed E-state index contributed by atoms with van der Waals surface area (Å²) in [7, 11) is 2.22. The number of hydrogen-bond acceptors (Lipinski definition) is 4. The van der Waals surface area contributed by atoms with E-state index in [2.05, 4.69) is 122 Å². The summed E-state index contributed by atoms with van der Waals surface area (Å²) in [6.45, 7) is 8.23. The SMILES string of the molecule is Cc1ccc(/C=C2\CN(C)CC3=C2N=C2SC=C(c4ccc(C)cc4)N2C3c2ccc(C)cc2)cc1. The zero-order valence-corrected chi connectivity index (χ0v) is 22.1. The van der Waals surface area contributed by atoms with Crippen LogP contribution < -0.4 is 0 Å². The van der Waals surface area contributed by atoms with E-state index in [4.69, 9.17) is 4.99 Å². The number of aryl methyl sites for hydroxylation is 3. The number of likely N-dealkylation sites (N-methyl/N-ethyl adjacent to an activating group) is 1. The van der Waals surface area contributed by atoms with Gasteiger partial charge in [-0.15, -0.1) is 0 Å². The minimum absolute atomic E-state index is 0.111. The predicted molar refractivity (Wildman–Crippen MR) is 154 cm³/mol. The molecule has 0 radical (unpaired) electrons. The van der Waals surface area contributed by atoms with E-state index in [1.165, 1.54) is 50.2 Å². The first-order chi connectivity index (χ1) is 17.5. The lowest BCUT2D eigenvalue weighted by molar-refractivity contribution is 0.344. The highest BCUT2D eigenvalue weighted by Gasteiger charge is 2.41. The summed E-state index contributed by atoms with van der Waals surface area (Å²) in [5, 5.41) is 3.34. The van der Waals surface area contributed by atoms with E-state index < -0.39 is 0 Å². The second-order valence-electron chi connectivity index (χ2n) is 10.2. The smallest absolute Gasteiger partial charge is 0.174 e. The molecule has 0 amide bonds. The number of hydrogen-bond donors (Lipinski definition) is 0. The maximum absolute atomic E-state index is 5.32. The Morgan fingerprint density at radius 2 is 1.42 bits per heavy atom. The number of nitrogens with zero attached hydrogens (tertiary/aromatic N) is 3. The fourth-order valence-electron chi connectivity index (χ4n) is 5.27. The molecule has 3 heterocycles. The van der Waals surface area contributed by atoms with Gasteiger partial charge in [-0.3, -0.25) is 4.90 Å². The van der Waals surface area contributed by atoms with Crippen LogP contribution in [0.5, 0.6) is 0 Å². The number of rotatable bonds is 3. The molecule has 0 aliphatic carbocycles. The highest BCUT2D eigenvalue weighted by Crippen LogP contribution is 2.49. The highest BCUT2D eigenvalue weighted by atomic mass is 32.2. The zero-order chi connectivity index (χ0) is 24.8. The van der Waals surface area contributed by atoms with E-state index in [0.717, 1.165) is 24.0 Å². The molecule has 0 saturated heterocycles. The Hall–Kier alpha value is -3.34. The largest absolute Gasteiger partial charge is 0.308 e. The Balaban J connectivity index is 1.50. The van der Waals surface area contributed by atoms with Crippen LogP contribution in [-0.2, 0) is 0 Å². The van der Waals surface area contributed by atoms with Crippen LogP contribution in [0.1, 0.15) is 39.4 Å². The quantitative estimate of drug-likeness (QED) is 0.383. The van der Waals surface area contributed by atoms with Crippen LogP contribution in [0.25, 0.3) is 11.8 Å². The van der Waals surface area contributed by atoms with E-state index in [1.54, 1.807) is 11.8 Å². The van der Waals surface area contributed by atoms with Gasteiger partial charge in [0.15, 0.2) is 5.17 Å². The van der Waals surface area contributed by atoms with Crippen molar-refractivity contribution >= 4 is 28.7 Å². The first kappa shape index (κ1) is 23.1. The van der Waals surface area contributed by atoms with Crippen LogP contribution in [0.2, 0.25) is 0 Å². The number of aliphatic imine (C=N–C) groups is 1. The van der Waals surface area contributed by atoms with Gasteiger partial charge in [0.25, 0.3) is 0 Å². The minimum Gasteiger partial charge on any atom is -0.308 e. The van der Waals surface area contributed by atoms with E-state index in [0.29, 0.717) is 0 Å².